The second-order valence-corrected chi connectivity index (χ2v) is 4.20. The first-order chi connectivity index (χ1) is 7.43. The molecule has 0 spiro atoms. The molecule has 0 saturated carbocycles. The van der Waals surface area contributed by atoms with Gasteiger partial charge in [0.05, 0.1) is 11.2 Å². The fraction of sp³-hybridized carbons (Fsp3) is 0.0833. The number of aromatic nitrogens is 1. The van der Waals surface area contributed by atoms with Crippen molar-refractivity contribution < 1.29 is 0 Å². The van der Waals surface area contributed by atoms with E-state index in [1.807, 2.05) is 5.51 Å². The largest absolute Gasteiger partial charge is 0.380 e. The number of nitrogens with one attached hydrogen (secondary N) is 1. The van der Waals surface area contributed by atoms with Gasteiger partial charge >= 0.3 is 0 Å². The van der Waals surface area contributed by atoms with Crippen LogP contribution in [-0.4, -0.2) is 11.5 Å². The zero-order valence-electron chi connectivity index (χ0n) is 8.10. The summed E-state index contributed by atoms with van der Waals surface area (Å²) in [5, 5.41) is 5.43. The molecule has 0 radical (unpaired) electrons. The summed E-state index contributed by atoms with van der Waals surface area (Å²) in [5.41, 5.74) is 6.75. The molecule has 2 heterocycles. The molecule has 0 aliphatic carbocycles. The first-order valence-electron chi connectivity index (χ1n) is 4.85. The Kier molecular flexibility index (Phi) is 2.03. The Balaban J connectivity index is 2.04. The van der Waals surface area contributed by atoms with Gasteiger partial charge < -0.3 is 5.32 Å². The number of thiazole rings is 1. The van der Waals surface area contributed by atoms with Crippen LogP contribution in [0.15, 0.2) is 35.2 Å². The van der Waals surface area contributed by atoms with Gasteiger partial charge in [-0.1, -0.05) is 18.2 Å². The van der Waals surface area contributed by atoms with E-state index in [0.717, 1.165) is 12.2 Å². The maximum Gasteiger partial charge on any atom is 0.0798 e. The molecule has 2 nitrogen and oxygen atoms in total. The number of rotatable bonds is 1. The van der Waals surface area contributed by atoms with E-state index in [-0.39, 0.29) is 0 Å². The highest BCUT2D eigenvalue weighted by Gasteiger charge is 2.14. The van der Waals surface area contributed by atoms with E-state index in [0.29, 0.717) is 0 Å². The lowest BCUT2D eigenvalue weighted by atomic mass is 10.1. The van der Waals surface area contributed by atoms with Crippen LogP contribution in [0.25, 0.3) is 11.6 Å². The molecule has 0 fully saturated rings. The highest BCUT2D eigenvalue weighted by atomic mass is 32.1. The summed E-state index contributed by atoms with van der Waals surface area (Å²) in [7, 11) is 0. The average Bonchev–Trinajstić information content (AvgIpc) is 2.89. The van der Waals surface area contributed by atoms with Crippen LogP contribution in [0, 0.1) is 0 Å². The molecule has 0 amide bonds. The van der Waals surface area contributed by atoms with Crippen LogP contribution in [0.4, 0.5) is 5.69 Å². The molecule has 1 aliphatic rings. The van der Waals surface area contributed by atoms with E-state index in [4.69, 9.17) is 0 Å². The third kappa shape index (κ3) is 1.55. The standard InChI is InChI=1S/C12H10N2S/c1-2-4-12-11(3-1)9(6-13-12)5-10-7-15-8-14-10/h1-5,7-8,13H,6H2. The van der Waals surface area contributed by atoms with Crippen molar-refractivity contribution in [3.05, 3.63) is 46.4 Å². The van der Waals surface area contributed by atoms with Gasteiger partial charge in [-0.25, -0.2) is 4.98 Å². The van der Waals surface area contributed by atoms with Crippen LogP contribution in [0.5, 0.6) is 0 Å². The molecule has 1 aliphatic heterocycles. The summed E-state index contributed by atoms with van der Waals surface area (Å²) in [5.74, 6) is 0. The molecule has 15 heavy (non-hydrogen) atoms. The summed E-state index contributed by atoms with van der Waals surface area (Å²) in [4.78, 5) is 4.27. The third-order valence-corrected chi connectivity index (χ3v) is 3.12. The van der Waals surface area contributed by atoms with Crippen molar-refractivity contribution in [2.75, 3.05) is 11.9 Å². The predicted molar refractivity (Wildman–Crippen MR) is 64.9 cm³/mol. The number of nitrogens with zero attached hydrogens (tertiary/aromatic N) is 1. The van der Waals surface area contributed by atoms with E-state index >= 15 is 0 Å². The van der Waals surface area contributed by atoms with Gasteiger partial charge in [0.25, 0.3) is 0 Å². The van der Waals surface area contributed by atoms with Crippen LogP contribution < -0.4 is 5.32 Å². The lowest BCUT2D eigenvalue weighted by Crippen LogP contribution is -1.91. The van der Waals surface area contributed by atoms with Gasteiger partial charge in [-0.3, -0.25) is 0 Å². The first-order valence-corrected chi connectivity index (χ1v) is 5.80. The summed E-state index contributed by atoms with van der Waals surface area (Å²) in [6.07, 6.45) is 2.15. The number of para-hydroxylation sites is 1. The van der Waals surface area contributed by atoms with Crippen LogP contribution >= 0.6 is 11.3 Å². The highest BCUT2D eigenvalue weighted by Crippen LogP contribution is 2.31. The Morgan fingerprint density at radius 3 is 3.13 bits per heavy atom. The zero-order chi connectivity index (χ0) is 10.1. The number of hydrogen-bond donors (Lipinski definition) is 1. The molecule has 1 N–H and O–H groups in total. The summed E-state index contributed by atoms with van der Waals surface area (Å²) >= 11 is 1.63. The van der Waals surface area contributed by atoms with Crippen molar-refractivity contribution in [3.63, 3.8) is 0 Å². The van der Waals surface area contributed by atoms with Crippen LogP contribution in [0.3, 0.4) is 0 Å². The normalized spacial score (nSPS) is 16.4. The molecule has 2 aromatic rings. The number of anilines is 1. The maximum absolute atomic E-state index is 4.27. The summed E-state index contributed by atoms with van der Waals surface area (Å²) in [6, 6.07) is 8.38. The van der Waals surface area contributed by atoms with Gasteiger partial charge in [0, 0.05) is 23.2 Å². The van der Waals surface area contributed by atoms with E-state index in [1.54, 1.807) is 11.3 Å². The minimum Gasteiger partial charge on any atom is -0.380 e. The SMILES string of the molecule is C(=C1CNc2ccccc21)c1cscn1. The van der Waals surface area contributed by atoms with Crippen molar-refractivity contribution in [1.82, 2.24) is 4.98 Å². The second-order valence-electron chi connectivity index (χ2n) is 3.48. The van der Waals surface area contributed by atoms with Crippen LogP contribution in [0.1, 0.15) is 11.3 Å². The molecule has 0 unspecified atom stereocenters. The Morgan fingerprint density at radius 2 is 2.27 bits per heavy atom. The minimum atomic E-state index is 0.900. The fourth-order valence-electron chi connectivity index (χ4n) is 1.80. The molecule has 0 atom stereocenters. The van der Waals surface area contributed by atoms with Crippen LogP contribution in [-0.2, 0) is 0 Å². The molecule has 1 aromatic carbocycles. The van der Waals surface area contributed by atoms with Crippen molar-refractivity contribution in [2.45, 2.75) is 0 Å². The summed E-state index contributed by atoms with van der Waals surface area (Å²) < 4.78 is 0. The van der Waals surface area contributed by atoms with E-state index in [9.17, 15) is 0 Å². The van der Waals surface area contributed by atoms with Gasteiger partial charge in [-0.05, 0) is 17.7 Å². The molecular weight excluding hydrogens is 204 g/mol. The van der Waals surface area contributed by atoms with Gasteiger partial charge in [-0.2, -0.15) is 0 Å². The van der Waals surface area contributed by atoms with Gasteiger partial charge in [-0.15, -0.1) is 11.3 Å². The Morgan fingerprint density at radius 1 is 1.33 bits per heavy atom. The quantitative estimate of drug-likeness (QED) is 0.789. The second kappa shape index (κ2) is 3.51. The molecular formula is C12H10N2S. The minimum absolute atomic E-state index is 0.900. The molecule has 0 bridgehead atoms. The van der Waals surface area contributed by atoms with E-state index in [2.05, 4.69) is 46.0 Å². The van der Waals surface area contributed by atoms with Crippen molar-refractivity contribution in [3.8, 4) is 0 Å². The molecule has 74 valence electrons. The van der Waals surface area contributed by atoms with E-state index < -0.39 is 0 Å². The Hall–Kier alpha value is -1.61. The number of benzene rings is 1. The zero-order valence-corrected chi connectivity index (χ0v) is 8.92. The van der Waals surface area contributed by atoms with E-state index in [1.165, 1.54) is 16.8 Å². The maximum atomic E-state index is 4.27. The lowest BCUT2D eigenvalue weighted by molar-refractivity contribution is 1.38. The Labute approximate surface area is 92.3 Å². The smallest absolute Gasteiger partial charge is 0.0798 e. The molecule has 0 saturated heterocycles. The monoisotopic (exact) mass is 214 g/mol. The van der Waals surface area contributed by atoms with Crippen molar-refractivity contribution in [2.24, 2.45) is 0 Å². The van der Waals surface area contributed by atoms with Gasteiger partial charge in [0.15, 0.2) is 0 Å². The Bertz CT molecular complexity index is 500. The van der Waals surface area contributed by atoms with Crippen molar-refractivity contribution in [1.29, 1.82) is 0 Å². The molecule has 3 rings (SSSR count). The highest BCUT2D eigenvalue weighted by molar-refractivity contribution is 7.07. The van der Waals surface area contributed by atoms with Gasteiger partial charge in [0.2, 0.25) is 0 Å². The molecule has 3 heteroatoms. The first kappa shape index (κ1) is 8.68. The summed E-state index contributed by atoms with van der Waals surface area (Å²) in [6.45, 7) is 0.900. The van der Waals surface area contributed by atoms with Gasteiger partial charge in [0.1, 0.15) is 0 Å². The molecule has 1 aromatic heterocycles. The number of fused-ring (bicyclic) bond motifs is 1. The topological polar surface area (TPSA) is 24.9 Å². The van der Waals surface area contributed by atoms with Crippen molar-refractivity contribution >= 4 is 28.7 Å². The fourth-order valence-corrected chi connectivity index (χ4v) is 2.32. The third-order valence-electron chi connectivity index (χ3n) is 2.52. The van der Waals surface area contributed by atoms with Crippen LogP contribution in [0.2, 0.25) is 0 Å². The number of hydrogen-bond acceptors (Lipinski definition) is 3. The predicted octanol–water partition coefficient (Wildman–Crippen LogP) is 3.11. The lowest BCUT2D eigenvalue weighted by Gasteiger charge is -1.96. The average molecular weight is 214 g/mol.